The van der Waals surface area contributed by atoms with Gasteiger partial charge in [0.1, 0.15) is 0 Å². The van der Waals surface area contributed by atoms with Crippen LogP contribution in [0.1, 0.15) is 47.2 Å². The molecule has 3 amide bonds. The zero-order valence-electron chi connectivity index (χ0n) is 19.2. The van der Waals surface area contributed by atoms with Gasteiger partial charge in [-0.1, -0.05) is 29.8 Å². The van der Waals surface area contributed by atoms with E-state index < -0.39 is 10.0 Å². The Morgan fingerprint density at radius 1 is 1.00 bits per heavy atom. The minimum absolute atomic E-state index is 0.0318. The molecule has 0 aliphatic carbocycles. The second-order valence-electron chi connectivity index (χ2n) is 8.99. The largest absolute Gasteiger partial charge is 0.338 e. The number of likely N-dealkylation sites (tertiary alicyclic amines) is 2. The van der Waals surface area contributed by atoms with E-state index in [0.29, 0.717) is 18.7 Å². The minimum Gasteiger partial charge on any atom is -0.338 e. The summed E-state index contributed by atoms with van der Waals surface area (Å²) in [6.07, 6.45) is 2.16. The molecule has 2 aliphatic rings. The minimum atomic E-state index is -3.59. The van der Waals surface area contributed by atoms with Crippen LogP contribution in [0.25, 0.3) is 0 Å². The second-order valence-corrected chi connectivity index (χ2v) is 10.8. The van der Waals surface area contributed by atoms with Crippen molar-refractivity contribution in [1.29, 1.82) is 0 Å². The number of hydrogen-bond acceptors (Lipinski definition) is 5. The van der Waals surface area contributed by atoms with E-state index in [1.807, 2.05) is 6.92 Å². The third kappa shape index (κ3) is 5.53. The first-order valence-corrected chi connectivity index (χ1v) is 13.0. The van der Waals surface area contributed by atoms with Crippen LogP contribution in [0.5, 0.6) is 0 Å². The Labute approximate surface area is 200 Å². The second kappa shape index (κ2) is 10.1. The third-order valence-electron chi connectivity index (χ3n) is 6.40. The molecule has 180 valence electrons. The lowest BCUT2D eigenvalue weighted by Crippen LogP contribution is -2.43. The lowest BCUT2D eigenvalue weighted by molar-refractivity contribution is -0.139. The molecule has 8 nitrogen and oxygen atoms in total. The van der Waals surface area contributed by atoms with Gasteiger partial charge < -0.3 is 4.90 Å². The summed E-state index contributed by atoms with van der Waals surface area (Å²) in [5, 5.41) is 0. The Balaban J connectivity index is 1.33. The van der Waals surface area contributed by atoms with Crippen LogP contribution in [-0.4, -0.2) is 55.6 Å². The van der Waals surface area contributed by atoms with E-state index >= 15 is 0 Å². The topological polar surface area (TPSA) is 104 Å². The van der Waals surface area contributed by atoms with Crippen LogP contribution in [0.2, 0.25) is 0 Å². The predicted molar refractivity (Wildman–Crippen MR) is 126 cm³/mol. The number of carbonyl (C=O) groups is 3. The molecule has 0 spiro atoms. The predicted octanol–water partition coefficient (Wildman–Crippen LogP) is 2.47. The van der Waals surface area contributed by atoms with Crippen molar-refractivity contribution >= 4 is 27.7 Å². The zero-order chi connectivity index (χ0) is 24.3. The van der Waals surface area contributed by atoms with Gasteiger partial charge in [-0.3, -0.25) is 19.3 Å². The molecule has 2 aliphatic heterocycles. The quantitative estimate of drug-likeness (QED) is 0.610. The zero-order valence-corrected chi connectivity index (χ0v) is 20.0. The van der Waals surface area contributed by atoms with Gasteiger partial charge >= 0.3 is 0 Å². The van der Waals surface area contributed by atoms with Crippen LogP contribution in [0, 0.1) is 12.8 Å². The Kier molecular flexibility index (Phi) is 7.13. The van der Waals surface area contributed by atoms with Crippen molar-refractivity contribution in [2.24, 2.45) is 5.92 Å². The average Bonchev–Trinajstić information content (AvgIpc) is 3.15. The number of piperidine rings is 1. The van der Waals surface area contributed by atoms with Gasteiger partial charge in [0, 0.05) is 38.0 Å². The van der Waals surface area contributed by atoms with Crippen LogP contribution >= 0.6 is 0 Å². The summed E-state index contributed by atoms with van der Waals surface area (Å²) in [5.74, 6) is -0.402. The summed E-state index contributed by atoms with van der Waals surface area (Å²) in [5.41, 5.74) is 2.32. The monoisotopic (exact) mass is 483 g/mol. The summed E-state index contributed by atoms with van der Waals surface area (Å²) >= 11 is 0. The molecule has 1 N–H and O–H groups in total. The fraction of sp³-hybridized carbons (Fsp3) is 0.400. The van der Waals surface area contributed by atoms with E-state index in [-0.39, 0.29) is 54.5 Å². The number of amides is 3. The molecule has 2 saturated heterocycles. The number of nitrogens with one attached hydrogen (secondary N) is 1. The summed E-state index contributed by atoms with van der Waals surface area (Å²) < 4.78 is 27.9. The maximum atomic E-state index is 13.0. The van der Waals surface area contributed by atoms with Gasteiger partial charge in [0.25, 0.3) is 5.91 Å². The van der Waals surface area contributed by atoms with Crippen LogP contribution in [0.15, 0.2) is 53.4 Å². The highest BCUT2D eigenvalue weighted by molar-refractivity contribution is 7.89. The molecule has 2 aromatic carbocycles. The Bertz CT molecular complexity index is 1160. The maximum Gasteiger partial charge on any atom is 0.253 e. The van der Waals surface area contributed by atoms with Gasteiger partial charge in [0.2, 0.25) is 21.8 Å². The van der Waals surface area contributed by atoms with Gasteiger partial charge in [-0.2, -0.15) is 0 Å². The third-order valence-corrected chi connectivity index (χ3v) is 7.84. The van der Waals surface area contributed by atoms with Crippen molar-refractivity contribution in [3.05, 3.63) is 65.2 Å². The smallest absolute Gasteiger partial charge is 0.253 e. The van der Waals surface area contributed by atoms with E-state index in [4.69, 9.17) is 0 Å². The summed E-state index contributed by atoms with van der Waals surface area (Å²) in [4.78, 5) is 39.9. The van der Waals surface area contributed by atoms with Gasteiger partial charge in [-0.15, -0.1) is 0 Å². The average molecular weight is 484 g/mol. The molecule has 2 aromatic rings. The van der Waals surface area contributed by atoms with Crippen molar-refractivity contribution < 1.29 is 22.8 Å². The molecule has 9 heteroatoms. The first-order valence-electron chi connectivity index (χ1n) is 11.5. The van der Waals surface area contributed by atoms with Crippen molar-refractivity contribution in [3.8, 4) is 0 Å². The number of benzene rings is 2. The fourth-order valence-electron chi connectivity index (χ4n) is 4.36. The van der Waals surface area contributed by atoms with Crippen LogP contribution in [0.4, 0.5) is 0 Å². The van der Waals surface area contributed by atoms with Crippen molar-refractivity contribution in [1.82, 2.24) is 14.5 Å². The SMILES string of the molecule is Cc1ccc(S(=O)(=O)NCC2CCCN(C(=O)c3ccc(CN4C(=O)CCC4=O)cc3)C2)cc1. The highest BCUT2D eigenvalue weighted by atomic mass is 32.2. The molecule has 1 atom stereocenters. The van der Waals surface area contributed by atoms with Crippen molar-refractivity contribution in [2.75, 3.05) is 19.6 Å². The number of carbonyl (C=O) groups excluding carboxylic acids is 3. The Hall–Kier alpha value is -3.04. The van der Waals surface area contributed by atoms with Gasteiger partial charge in [-0.25, -0.2) is 13.1 Å². The first kappa shape index (κ1) is 24.1. The van der Waals surface area contributed by atoms with E-state index in [1.54, 1.807) is 53.4 Å². The van der Waals surface area contributed by atoms with E-state index in [0.717, 1.165) is 24.0 Å². The summed E-state index contributed by atoms with van der Waals surface area (Å²) in [6, 6.07) is 13.7. The van der Waals surface area contributed by atoms with Crippen LogP contribution < -0.4 is 4.72 Å². The van der Waals surface area contributed by atoms with Crippen molar-refractivity contribution in [2.45, 2.75) is 44.0 Å². The lowest BCUT2D eigenvalue weighted by atomic mass is 9.97. The lowest BCUT2D eigenvalue weighted by Gasteiger charge is -2.33. The highest BCUT2D eigenvalue weighted by Crippen LogP contribution is 2.21. The highest BCUT2D eigenvalue weighted by Gasteiger charge is 2.29. The Morgan fingerprint density at radius 3 is 2.29 bits per heavy atom. The van der Waals surface area contributed by atoms with E-state index in [9.17, 15) is 22.8 Å². The van der Waals surface area contributed by atoms with Gasteiger partial charge in [-0.05, 0) is 55.5 Å². The first-order chi connectivity index (χ1) is 16.2. The normalized spacial score (nSPS) is 19.0. The van der Waals surface area contributed by atoms with E-state index in [2.05, 4.69) is 4.72 Å². The fourth-order valence-corrected chi connectivity index (χ4v) is 5.48. The van der Waals surface area contributed by atoms with Crippen molar-refractivity contribution in [3.63, 3.8) is 0 Å². The molecule has 0 bridgehead atoms. The molecular formula is C25H29N3O5S. The Morgan fingerprint density at radius 2 is 1.65 bits per heavy atom. The van der Waals surface area contributed by atoms with Crippen LogP contribution in [0.3, 0.4) is 0 Å². The molecule has 0 aromatic heterocycles. The van der Waals surface area contributed by atoms with Gasteiger partial charge in [0.05, 0.1) is 11.4 Å². The number of aryl methyl sites for hydroxylation is 1. The molecule has 0 saturated carbocycles. The standard InChI is InChI=1S/C25H29N3O5S/c1-18-4-10-22(11-5-18)34(32,33)26-15-20-3-2-14-27(16-20)25(31)21-8-6-19(7-9-21)17-28-23(29)12-13-24(28)30/h4-11,20,26H,2-3,12-17H2,1H3. The molecule has 2 heterocycles. The van der Waals surface area contributed by atoms with Gasteiger partial charge in [0.15, 0.2) is 0 Å². The number of sulfonamides is 1. The summed E-state index contributed by atoms with van der Waals surface area (Å²) in [6.45, 7) is 3.50. The summed E-state index contributed by atoms with van der Waals surface area (Å²) in [7, 11) is -3.59. The molecule has 4 rings (SSSR count). The molecule has 0 radical (unpaired) electrons. The molecule has 1 unspecified atom stereocenters. The van der Waals surface area contributed by atoms with E-state index in [1.165, 1.54) is 4.90 Å². The number of rotatable bonds is 7. The maximum absolute atomic E-state index is 13.0. The molecular weight excluding hydrogens is 454 g/mol. The van der Waals surface area contributed by atoms with Crippen LogP contribution in [-0.2, 0) is 26.2 Å². The molecule has 34 heavy (non-hydrogen) atoms. The number of imide groups is 1. The molecule has 2 fully saturated rings. The number of nitrogens with zero attached hydrogens (tertiary/aromatic N) is 2. The number of hydrogen-bond donors (Lipinski definition) is 1.